The van der Waals surface area contributed by atoms with Gasteiger partial charge in [-0.15, -0.1) is 0 Å². The summed E-state index contributed by atoms with van der Waals surface area (Å²) < 4.78 is 0. The molecule has 0 aliphatic carbocycles. The second-order valence-corrected chi connectivity index (χ2v) is 5.77. The summed E-state index contributed by atoms with van der Waals surface area (Å²) in [5.41, 5.74) is 16.2. The predicted molar refractivity (Wildman–Crippen MR) is 84.5 cm³/mol. The summed E-state index contributed by atoms with van der Waals surface area (Å²) in [4.78, 5) is 34.8. The van der Waals surface area contributed by atoms with E-state index in [1.165, 1.54) is 0 Å². The van der Waals surface area contributed by atoms with E-state index in [1.807, 2.05) is 13.8 Å². The van der Waals surface area contributed by atoms with Gasteiger partial charge in [0.2, 0.25) is 17.7 Å². The Kier molecular flexibility index (Phi) is 10.1. The van der Waals surface area contributed by atoms with Crippen LogP contribution in [0, 0.1) is 5.92 Å². The van der Waals surface area contributed by atoms with Crippen LogP contribution in [-0.4, -0.2) is 42.9 Å². The molecule has 3 amide bonds. The molecule has 22 heavy (non-hydrogen) atoms. The van der Waals surface area contributed by atoms with E-state index in [4.69, 9.17) is 17.2 Å². The molecule has 0 aromatic heterocycles. The lowest BCUT2D eigenvalue weighted by Crippen LogP contribution is -2.52. The minimum Gasteiger partial charge on any atom is -0.368 e. The summed E-state index contributed by atoms with van der Waals surface area (Å²) >= 11 is 0. The largest absolute Gasteiger partial charge is 0.368 e. The number of hydrogen-bond acceptors (Lipinski definition) is 5. The van der Waals surface area contributed by atoms with Gasteiger partial charge in [0.05, 0.1) is 12.6 Å². The molecule has 0 rings (SSSR count). The maximum absolute atomic E-state index is 12.0. The van der Waals surface area contributed by atoms with Crippen LogP contribution in [-0.2, 0) is 14.4 Å². The molecule has 8 N–H and O–H groups in total. The number of carbonyl (C=O) groups excluding carboxylic acids is 3. The summed E-state index contributed by atoms with van der Waals surface area (Å²) in [6.07, 6.45) is 2.39. The first kappa shape index (κ1) is 20.3. The van der Waals surface area contributed by atoms with Gasteiger partial charge in [-0.1, -0.05) is 13.8 Å². The number of nitrogens with one attached hydrogen (secondary N) is 2. The first-order valence-corrected chi connectivity index (χ1v) is 7.60. The molecule has 0 aliphatic heterocycles. The van der Waals surface area contributed by atoms with Gasteiger partial charge in [-0.05, 0) is 38.1 Å². The van der Waals surface area contributed by atoms with Crippen LogP contribution in [0.1, 0.15) is 39.5 Å². The average Bonchev–Trinajstić information content (AvgIpc) is 2.42. The molecule has 0 radical (unpaired) electrons. The molecule has 128 valence electrons. The maximum Gasteiger partial charge on any atom is 0.243 e. The van der Waals surface area contributed by atoms with Crippen molar-refractivity contribution in [2.75, 3.05) is 13.1 Å². The highest BCUT2D eigenvalue weighted by atomic mass is 16.2. The van der Waals surface area contributed by atoms with E-state index in [0.29, 0.717) is 25.8 Å². The number of carbonyl (C=O) groups is 3. The van der Waals surface area contributed by atoms with Crippen LogP contribution in [0.2, 0.25) is 0 Å². The van der Waals surface area contributed by atoms with Crippen LogP contribution in [0.4, 0.5) is 0 Å². The van der Waals surface area contributed by atoms with Crippen LogP contribution in [0.3, 0.4) is 0 Å². The van der Waals surface area contributed by atoms with Crippen LogP contribution in [0.25, 0.3) is 0 Å². The Hall–Kier alpha value is -1.67. The van der Waals surface area contributed by atoms with Gasteiger partial charge < -0.3 is 27.8 Å². The zero-order valence-electron chi connectivity index (χ0n) is 13.4. The second-order valence-electron chi connectivity index (χ2n) is 5.77. The minimum absolute atomic E-state index is 0.264. The zero-order chi connectivity index (χ0) is 17.1. The molecule has 0 fully saturated rings. The zero-order valence-corrected chi connectivity index (χ0v) is 13.4. The van der Waals surface area contributed by atoms with Crippen molar-refractivity contribution >= 4 is 17.7 Å². The molecule has 0 saturated heterocycles. The van der Waals surface area contributed by atoms with E-state index in [0.717, 1.165) is 6.42 Å². The van der Waals surface area contributed by atoms with E-state index < -0.39 is 23.9 Å². The van der Waals surface area contributed by atoms with Crippen molar-refractivity contribution in [2.24, 2.45) is 23.1 Å². The molecule has 0 unspecified atom stereocenters. The van der Waals surface area contributed by atoms with Crippen molar-refractivity contribution < 1.29 is 14.4 Å². The Morgan fingerprint density at radius 3 is 2.23 bits per heavy atom. The molecule has 0 bridgehead atoms. The fourth-order valence-corrected chi connectivity index (χ4v) is 1.95. The summed E-state index contributed by atoms with van der Waals surface area (Å²) in [6.45, 7) is 4.17. The van der Waals surface area contributed by atoms with Gasteiger partial charge in [0.1, 0.15) is 6.04 Å². The molecule has 0 spiro atoms. The number of nitrogens with two attached hydrogens (primary N) is 3. The standard InChI is InChI=1S/C14H29N5O3/c1-9(2)7-10(16)13(21)19-11(5-3-4-6-15)14(22)18-8-12(17)20/h9-11H,3-8,15-16H2,1-2H3,(H2,17,20)(H,18,22)(H,19,21)/t10-,11-/m0/s1. The van der Waals surface area contributed by atoms with Crippen LogP contribution < -0.4 is 27.8 Å². The van der Waals surface area contributed by atoms with Crippen molar-refractivity contribution in [3.05, 3.63) is 0 Å². The normalized spacial score (nSPS) is 13.5. The SMILES string of the molecule is CC(C)C[C@H](N)C(=O)N[C@@H](CCCCN)C(=O)NCC(N)=O. The van der Waals surface area contributed by atoms with Crippen LogP contribution in [0.5, 0.6) is 0 Å². The Bertz CT molecular complexity index is 373. The molecule has 0 aromatic carbocycles. The number of primary amides is 1. The van der Waals surface area contributed by atoms with Crippen molar-refractivity contribution in [2.45, 2.75) is 51.6 Å². The molecule has 0 aliphatic rings. The molecule has 0 aromatic rings. The molecular formula is C14H29N5O3. The van der Waals surface area contributed by atoms with Crippen molar-refractivity contribution in [3.63, 3.8) is 0 Å². The number of hydrogen-bond donors (Lipinski definition) is 5. The molecule has 2 atom stereocenters. The average molecular weight is 315 g/mol. The lowest BCUT2D eigenvalue weighted by atomic mass is 10.0. The fraction of sp³-hybridized carbons (Fsp3) is 0.786. The topological polar surface area (TPSA) is 153 Å². The third-order valence-corrected chi connectivity index (χ3v) is 3.08. The van der Waals surface area contributed by atoms with Gasteiger partial charge in [-0.2, -0.15) is 0 Å². The van der Waals surface area contributed by atoms with Gasteiger partial charge in [-0.3, -0.25) is 14.4 Å². The summed E-state index contributed by atoms with van der Waals surface area (Å²) in [5, 5.41) is 5.03. The van der Waals surface area contributed by atoms with Crippen LogP contribution >= 0.6 is 0 Å². The van der Waals surface area contributed by atoms with Gasteiger partial charge in [0.25, 0.3) is 0 Å². The smallest absolute Gasteiger partial charge is 0.243 e. The molecule has 0 saturated carbocycles. The second kappa shape index (κ2) is 11.0. The van der Waals surface area contributed by atoms with Crippen molar-refractivity contribution in [1.29, 1.82) is 0 Å². The highest BCUT2D eigenvalue weighted by Gasteiger charge is 2.23. The number of unbranched alkanes of at least 4 members (excludes halogenated alkanes) is 1. The molecule has 8 heteroatoms. The van der Waals surface area contributed by atoms with E-state index in [1.54, 1.807) is 0 Å². The van der Waals surface area contributed by atoms with Gasteiger partial charge in [0.15, 0.2) is 0 Å². The van der Waals surface area contributed by atoms with Crippen molar-refractivity contribution in [1.82, 2.24) is 10.6 Å². The highest BCUT2D eigenvalue weighted by molar-refractivity contribution is 5.91. The third kappa shape index (κ3) is 9.30. The van der Waals surface area contributed by atoms with E-state index in [9.17, 15) is 14.4 Å². The summed E-state index contributed by atoms with van der Waals surface area (Å²) in [6, 6.07) is -1.41. The minimum atomic E-state index is -0.739. The van der Waals surface area contributed by atoms with E-state index in [-0.39, 0.29) is 18.4 Å². The third-order valence-electron chi connectivity index (χ3n) is 3.08. The monoisotopic (exact) mass is 315 g/mol. The maximum atomic E-state index is 12.0. The molecule has 0 heterocycles. The van der Waals surface area contributed by atoms with Gasteiger partial charge in [0, 0.05) is 0 Å². The van der Waals surface area contributed by atoms with E-state index in [2.05, 4.69) is 10.6 Å². The van der Waals surface area contributed by atoms with Crippen LogP contribution in [0.15, 0.2) is 0 Å². The van der Waals surface area contributed by atoms with E-state index >= 15 is 0 Å². The van der Waals surface area contributed by atoms with Crippen molar-refractivity contribution in [3.8, 4) is 0 Å². The Morgan fingerprint density at radius 2 is 1.73 bits per heavy atom. The Balaban J connectivity index is 4.59. The Labute approximate surface area is 131 Å². The fourth-order valence-electron chi connectivity index (χ4n) is 1.95. The number of rotatable bonds is 11. The predicted octanol–water partition coefficient (Wildman–Crippen LogP) is -1.42. The number of amides is 3. The first-order valence-electron chi connectivity index (χ1n) is 7.60. The Morgan fingerprint density at radius 1 is 1.09 bits per heavy atom. The summed E-state index contributed by atoms with van der Waals surface area (Å²) in [5.74, 6) is -1.18. The van der Waals surface area contributed by atoms with Gasteiger partial charge >= 0.3 is 0 Å². The highest BCUT2D eigenvalue weighted by Crippen LogP contribution is 2.05. The van der Waals surface area contributed by atoms with Gasteiger partial charge in [-0.25, -0.2) is 0 Å². The lowest BCUT2D eigenvalue weighted by molar-refractivity contribution is -0.130. The first-order chi connectivity index (χ1) is 10.3. The summed E-state index contributed by atoms with van der Waals surface area (Å²) in [7, 11) is 0. The lowest BCUT2D eigenvalue weighted by Gasteiger charge is -2.21. The molecular weight excluding hydrogens is 286 g/mol. The quantitative estimate of drug-likeness (QED) is 0.296. The molecule has 8 nitrogen and oxygen atoms in total.